The molecular formula is C15H15NO4. The van der Waals surface area contributed by atoms with Gasteiger partial charge in [-0.05, 0) is 38.1 Å². The van der Waals surface area contributed by atoms with Crippen molar-refractivity contribution in [3.05, 3.63) is 57.5 Å². The molecule has 0 fully saturated rings. The van der Waals surface area contributed by atoms with Crippen LogP contribution in [0.5, 0.6) is 5.75 Å². The second-order valence-electron chi connectivity index (χ2n) is 4.45. The molecular weight excluding hydrogens is 258 g/mol. The lowest BCUT2D eigenvalue weighted by Crippen LogP contribution is -2.22. The van der Waals surface area contributed by atoms with Gasteiger partial charge >= 0.3 is 5.97 Å². The van der Waals surface area contributed by atoms with Gasteiger partial charge in [-0.3, -0.25) is 4.79 Å². The first kappa shape index (κ1) is 13.9. The predicted molar refractivity (Wildman–Crippen MR) is 75.0 cm³/mol. The number of ether oxygens (including phenoxy) is 1. The van der Waals surface area contributed by atoms with Gasteiger partial charge in [0.1, 0.15) is 11.3 Å². The van der Waals surface area contributed by atoms with E-state index in [9.17, 15) is 9.59 Å². The van der Waals surface area contributed by atoms with E-state index in [-0.39, 0.29) is 5.56 Å². The molecule has 0 amide bonds. The number of pyridine rings is 1. The van der Waals surface area contributed by atoms with Gasteiger partial charge in [-0.15, -0.1) is 0 Å². The van der Waals surface area contributed by atoms with E-state index in [1.54, 1.807) is 37.7 Å². The van der Waals surface area contributed by atoms with E-state index in [1.165, 1.54) is 6.07 Å². The van der Waals surface area contributed by atoms with Gasteiger partial charge in [0, 0.05) is 23.1 Å². The molecule has 20 heavy (non-hydrogen) atoms. The Kier molecular flexibility index (Phi) is 3.61. The summed E-state index contributed by atoms with van der Waals surface area (Å²) in [5.41, 5.74) is 1.20. The number of nitrogens with zero attached hydrogens (tertiary/aromatic N) is 1. The van der Waals surface area contributed by atoms with Crippen LogP contribution >= 0.6 is 0 Å². The number of carboxylic acids is 1. The zero-order chi connectivity index (χ0) is 14.9. The maximum atomic E-state index is 11.8. The Morgan fingerprint density at radius 3 is 2.30 bits per heavy atom. The molecule has 0 bridgehead atoms. The normalized spacial score (nSPS) is 10.3. The highest BCUT2D eigenvalue weighted by Gasteiger charge is 2.17. The highest BCUT2D eigenvalue weighted by atomic mass is 16.5. The molecule has 2 rings (SSSR count). The van der Waals surface area contributed by atoms with Crippen LogP contribution < -0.4 is 10.2 Å². The monoisotopic (exact) mass is 273 g/mol. The average molecular weight is 273 g/mol. The van der Waals surface area contributed by atoms with Gasteiger partial charge in [0.15, 0.2) is 5.43 Å². The predicted octanol–water partition coefficient (Wildman–Crippen LogP) is 2.16. The molecule has 0 spiro atoms. The first-order chi connectivity index (χ1) is 9.45. The van der Waals surface area contributed by atoms with Crippen molar-refractivity contribution in [2.75, 3.05) is 7.11 Å². The average Bonchev–Trinajstić information content (AvgIpc) is 2.38. The number of methoxy groups -OCH3 is 1. The Morgan fingerprint density at radius 2 is 1.80 bits per heavy atom. The Hall–Kier alpha value is -2.56. The van der Waals surface area contributed by atoms with Gasteiger partial charge < -0.3 is 14.4 Å². The summed E-state index contributed by atoms with van der Waals surface area (Å²) < 4.78 is 6.83. The molecule has 0 radical (unpaired) electrons. The van der Waals surface area contributed by atoms with Crippen LogP contribution in [0.25, 0.3) is 5.69 Å². The number of hydrogen-bond acceptors (Lipinski definition) is 3. The van der Waals surface area contributed by atoms with Crippen LogP contribution in [-0.2, 0) is 0 Å². The molecule has 0 unspecified atom stereocenters. The zero-order valence-corrected chi connectivity index (χ0v) is 11.5. The van der Waals surface area contributed by atoms with Gasteiger partial charge in [0.05, 0.1) is 7.11 Å². The van der Waals surface area contributed by atoms with Crippen LogP contribution in [0, 0.1) is 13.8 Å². The van der Waals surface area contributed by atoms with Crippen molar-refractivity contribution in [2.24, 2.45) is 0 Å². The third-order valence-electron chi connectivity index (χ3n) is 3.18. The zero-order valence-electron chi connectivity index (χ0n) is 11.5. The summed E-state index contributed by atoms with van der Waals surface area (Å²) in [5.74, 6) is -0.502. The van der Waals surface area contributed by atoms with Crippen molar-refractivity contribution < 1.29 is 14.6 Å². The number of aromatic nitrogens is 1. The third kappa shape index (κ3) is 2.30. The van der Waals surface area contributed by atoms with E-state index >= 15 is 0 Å². The number of benzene rings is 1. The Labute approximate surface area is 116 Å². The Bertz CT molecular complexity index is 714. The molecule has 104 valence electrons. The number of rotatable bonds is 3. The summed E-state index contributed by atoms with van der Waals surface area (Å²) in [6.07, 6.45) is 0. The molecule has 0 atom stereocenters. The van der Waals surface area contributed by atoms with Crippen molar-refractivity contribution in [1.82, 2.24) is 4.57 Å². The molecule has 1 aromatic carbocycles. The topological polar surface area (TPSA) is 68.5 Å². The summed E-state index contributed by atoms with van der Waals surface area (Å²) in [7, 11) is 1.58. The second kappa shape index (κ2) is 5.21. The van der Waals surface area contributed by atoms with Crippen molar-refractivity contribution >= 4 is 5.97 Å². The minimum Gasteiger partial charge on any atom is -0.497 e. The fraction of sp³-hybridized carbons (Fsp3) is 0.200. The molecule has 2 aromatic rings. The number of carboxylic acid groups (broad SMARTS) is 1. The summed E-state index contributed by atoms with van der Waals surface area (Å²) in [5, 5.41) is 9.16. The molecule has 0 aliphatic rings. The lowest BCUT2D eigenvalue weighted by molar-refractivity contribution is 0.0694. The van der Waals surface area contributed by atoms with Gasteiger partial charge in [-0.2, -0.15) is 0 Å². The lowest BCUT2D eigenvalue weighted by atomic mass is 10.1. The minimum atomic E-state index is -1.21. The maximum Gasteiger partial charge on any atom is 0.341 e. The molecule has 0 saturated heterocycles. The van der Waals surface area contributed by atoms with E-state index in [4.69, 9.17) is 9.84 Å². The van der Waals surface area contributed by atoms with Crippen LogP contribution in [0.15, 0.2) is 35.1 Å². The van der Waals surface area contributed by atoms with Crippen molar-refractivity contribution in [3.63, 3.8) is 0 Å². The van der Waals surface area contributed by atoms with Gasteiger partial charge in [-0.25, -0.2) is 4.79 Å². The number of hydrogen-bond donors (Lipinski definition) is 1. The van der Waals surface area contributed by atoms with Crippen LogP contribution in [0.2, 0.25) is 0 Å². The van der Waals surface area contributed by atoms with E-state index in [2.05, 4.69) is 0 Å². The summed E-state index contributed by atoms with van der Waals surface area (Å²) in [6.45, 7) is 3.40. The number of aryl methyl sites for hydroxylation is 1. The minimum absolute atomic E-state index is 0.202. The maximum absolute atomic E-state index is 11.8. The van der Waals surface area contributed by atoms with E-state index < -0.39 is 11.4 Å². The highest BCUT2D eigenvalue weighted by Crippen LogP contribution is 2.19. The fourth-order valence-corrected chi connectivity index (χ4v) is 2.27. The van der Waals surface area contributed by atoms with Gasteiger partial charge in [0.25, 0.3) is 0 Å². The van der Waals surface area contributed by atoms with E-state index in [0.29, 0.717) is 17.1 Å². The molecule has 1 N–H and O–H groups in total. The SMILES string of the molecule is COc1ccc(-n2c(C)cc(=O)c(C(=O)O)c2C)cc1. The number of aromatic carboxylic acids is 1. The molecule has 0 saturated carbocycles. The van der Waals surface area contributed by atoms with Crippen LogP contribution in [0.4, 0.5) is 0 Å². The van der Waals surface area contributed by atoms with Gasteiger partial charge in [0.2, 0.25) is 0 Å². The first-order valence-corrected chi connectivity index (χ1v) is 6.06. The van der Waals surface area contributed by atoms with E-state index in [0.717, 1.165) is 5.69 Å². The Morgan fingerprint density at radius 1 is 1.20 bits per heavy atom. The lowest BCUT2D eigenvalue weighted by Gasteiger charge is -2.16. The van der Waals surface area contributed by atoms with Crippen LogP contribution in [-0.4, -0.2) is 22.8 Å². The van der Waals surface area contributed by atoms with Gasteiger partial charge in [-0.1, -0.05) is 0 Å². The summed E-state index contributed by atoms with van der Waals surface area (Å²) >= 11 is 0. The second-order valence-corrected chi connectivity index (χ2v) is 4.45. The fourth-order valence-electron chi connectivity index (χ4n) is 2.27. The third-order valence-corrected chi connectivity index (χ3v) is 3.18. The standard InChI is InChI=1S/C15H15NO4/c1-9-8-13(17)14(15(18)19)10(2)16(9)11-4-6-12(20-3)7-5-11/h4-8H,1-3H3,(H,18,19). The van der Waals surface area contributed by atoms with Crippen LogP contribution in [0.3, 0.4) is 0 Å². The molecule has 5 nitrogen and oxygen atoms in total. The van der Waals surface area contributed by atoms with Crippen molar-refractivity contribution in [1.29, 1.82) is 0 Å². The van der Waals surface area contributed by atoms with E-state index in [1.807, 2.05) is 12.1 Å². The summed E-state index contributed by atoms with van der Waals surface area (Å²) in [4.78, 5) is 23.0. The quantitative estimate of drug-likeness (QED) is 0.930. The Balaban J connectivity index is 2.70. The molecule has 0 aliphatic carbocycles. The number of carbonyl (C=O) groups is 1. The molecule has 1 heterocycles. The largest absolute Gasteiger partial charge is 0.497 e. The first-order valence-electron chi connectivity index (χ1n) is 6.06. The molecule has 1 aromatic heterocycles. The van der Waals surface area contributed by atoms with Crippen molar-refractivity contribution in [2.45, 2.75) is 13.8 Å². The highest BCUT2D eigenvalue weighted by molar-refractivity contribution is 5.88. The molecule has 0 aliphatic heterocycles. The van der Waals surface area contributed by atoms with Crippen molar-refractivity contribution in [3.8, 4) is 11.4 Å². The smallest absolute Gasteiger partial charge is 0.341 e. The summed E-state index contributed by atoms with van der Waals surface area (Å²) in [6, 6.07) is 8.53. The molecule has 5 heteroatoms. The van der Waals surface area contributed by atoms with Crippen LogP contribution in [0.1, 0.15) is 21.7 Å².